The fourth-order valence-electron chi connectivity index (χ4n) is 5.52. The molecule has 204 valence electrons. The van der Waals surface area contributed by atoms with E-state index < -0.39 is 17.3 Å². The van der Waals surface area contributed by atoms with Crippen molar-refractivity contribution in [1.82, 2.24) is 34.7 Å². The quantitative estimate of drug-likeness (QED) is 0.396. The zero-order valence-electron chi connectivity index (χ0n) is 21.6. The Kier molecular flexibility index (Phi) is 7.01. The van der Waals surface area contributed by atoms with E-state index in [-0.39, 0.29) is 53.6 Å². The average Bonchev–Trinajstić information content (AvgIpc) is 3.48. The van der Waals surface area contributed by atoms with Gasteiger partial charge in [-0.1, -0.05) is 0 Å². The van der Waals surface area contributed by atoms with Crippen LogP contribution in [0.25, 0.3) is 5.69 Å². The molecule has 2 aliphatic heterocycles. The molecular weight excluding hydrogens is 498 g/mol. The molecule has 3 aromatic rings. The lowest BCUT2D eigenvalue weighted by atomic mass is 9.84. The number of piperidine rings is 1. The Balaban J connectivity index is 1.41. The predicted octanol–water partition coefficient (Wildman–Crippen LogP) is 1.93. The SMILES string of the molecule is Cn1nnn(-c2cc(Nc3ncc(F)c(NC4CC5CCCN5C(C)(C)C4)n3)c(F)cc2OCCN)c1=O. The van der Waals surface area contributed by atoms with Crippen molar-refractivity contribution >= 4 is 17.5 Å². The number of aromatic nitrogens is 6. The molecular formula is C24H32F2N10O2. The Bertz CT molecular complexity index is 1370. The number of nitrogens with zero attached hydrogens (tertiary/aromatic N) is 7. The van der Waals surface area contributed by atoms with E-state index in [9.17, 15) is 9.18 Å². The van der Waals surface area contributed by atoms with Gasteiger partial charge in [0.05, 0.1) is 11.9 Å². The summed E-state index contributed by atoms with van der Waals surface area (Å²) in [5, 5.41) is 13.6. The largest absolute Gasteiger partial charge is 0.490 e. The molecule has 2 atom stereocenters. The van der Waals surface area contributed by atoms with Gasteiger partial charge in [-0.25, -0.2) is 18.6 Å². The normalized spacial score (nSPS) is 20.8. The van der Waals surface area contributed by atoms with Gasteiger partial charge < -0.3 is 21.1 Å². The molecule has 14 heteroatoms. The number of halogens is 2. The molecule has 0 amide bonds. The predicted molar refractivity (Wildman–Crippen MR) is 137 cm³/mol. The molecule has 2 saturated heterocycles. The smallest absolute Gasteiger partial charge is 0.368 e. The summed E-state index contributed by atoms with van der Waals surface area (Å²) in [6, 6.07) is 2.92. The highest BCUT2D eigenvalue weighted by Gasteiger charge is 2.43. The lowest BCUT2D eigenvalue weighted by Gasteiger charge is -2.47. The van der Waals surface area contributed by atoms with E-state index in [1.54, 1.807) is 0 Å². The number of ether oxygens (including phenoxy) is 1. The molecule has 1 aromatic carbocycles. The minimum absolute atomic E-state index is 0.00662. The summed E-state index contributed by atoms with van der Waals surface area (Å²) in [5.41, 5.74) is 5.04. The summed E-state index contributed by atoms with van der Waals surface area (Å²) >= 11 is 0. The molecule has 12 nitrogen and oxygen atoms in total. The Morgan fingerprint density at radius 2 is 2.05 bits per heavy atom. The zero-order chi connectivity index (χ0) is 27.0. The maximum Gasteiger partial charge on any atom is 0.368 e. The molecule has 2 aromatic heterocycles. The third-order valence-corrected chi connectivity index (χ3v) is 7.16. The topological polar surface area (TPSA) is 141 Å². The second-order valence-corrected chi connectivity index (χ2v) is 10.3. The van der Waals surface area contributed by atoms with Crippen molar-refractivity contribution in [2.75, 3.05) is 30.3 Å². The zero-order valence-corrected chi connectivity index (χ0v) is 21.6. The van der Waals surface area contributed by atoms with Gasteiger partial charge in [-0.15, -0.1) is 0 Å². The number of aryl methyl sites for hydroxylation is 1. The van der Waals surface area contributed by atoms with Crippen molar-refractivity contribution in [2.45, 2.75) is 57.2 Å². The Hall–Kier alpha value is -3.65. The van der Waals surface area contributed by atoms with Crippen molar-refractivity contribution in [3.63, 3.8) is 0 Å². The molecule has 5 rings (SSSR count). The molecule has 0 aliphatic carbocycles. The molecule has 2 unspecified atom stereocenters. The van der Waals surface area contributed by atoms with Crippen LogP contribution in [0.4, 0.5) is 26.2 Å². The molecule has 38 heavy (non-hydrogen) atoms. The van der Waals surface area contributed by atoms with Crippen molar-refractivity contribution in [2.24, 2.45) is 12.8 Å². The van der Waals surface area contributed by atoms with E-state index >= 15 is 4.39 Å². The van der Waals surface area contributed by atoms with Gasteiger partial charge >= 0.3 is 5.69 Å². The standard InChI is InChI=1S/C24H32F2N10O2/c1-24(2)12-14(9-15-5-4-7-35(15)24)29-21-17(26)13-28-22(31-21)30-18-11-19(36-23(37)34(3)32-33-36)20(10-16(18)25)38-8-6-27/h10-11,13-15H,4-9,12,27H2,1-3H3,(H2,28,29,30,31). The number of hydrogen-bond acceptors (Lipinski definition) is 10. The highest BCUT2D eigenvalue weighted by molar-refractivity contribution is 5.63. The molecule has 2 aliphatic rings. The second kappa shape index (κ2) is 10.3. The molecule has 4 heterocycles. The lowest BCUT2D eigenvalue weighted by Crippen LogP contribution is -2.55. The fourth-order valence-corrected chi connectivity index (χ4v) is 5.52. The molecule has 0 saturated carbocycles. The first-order chi connectivity index (χ1) is 18.2. The van der Waals surface area contributed by atoms with E-state index in [2.05, 4.69) is 49.8 Å². The maximum absolute atomic E-state index is 15.1. The van der Waals surface area contributed by atoms with Gasteiger partial charge in [0.25, 0.3) is 0 Å². The lowest BCUT2D eigenvalue weighted by molar-refractivity contribution is 0.0500. The third kappa shape index (κ3) is 5.05. The van der Waals surface area contributed by atoms with Crippen LogP contribution in [0.1, 0.15) is 39.5 Å². The van der Waals surface area contributed by atoms with E-state index in [4.69, 9.17) is 10.5 Å². The monoisotopic (exact) mass is 530 g/mol. The first-order valence-electron chi connectivity index (χ1n) is 12.6. The second-order valence-electron chi connectivity index (χ2n) is 10.3. The molecule has 4 N–H and O–H groups in total. The van der Waals surface area contributed by atoms with Crippen LogP contribution in [0, 0.1) is 11.6 Å². The van der Waals surface area contributed by atoms with Crippen LogP contribution < -0.4 is 26.8 Å². The third-order valence-electron chi connectivity index (χ3n) is 7.16. The summed E-state index contributed by atoms with van der Waals surface area (Å²) in [6.45, 7) is 5.80. The maximum atomic E-state index is 15.1. The number of anilines is 3. The summed E-state index contributed by atoms with van der Waals surface area (Å²) in [7, 11) is 1.44. The summed E-state index contributed by atoms with van der Waals surface area (Å²) in [5.74, 6) is -1.21. The van der Waals surface area contributed by atoms with Gasteiger partial charge in [-0.05, 0) is 62.6 Å². The van der Waals surface area contributed by atoms with Gasteiger partial charge in [0.15, 0.2) is 17.5 Å². The Morgan fingerprint density at radius 3 is 2.79 bits per heavy atom. The Labute approximate surface area is 218 Å². The molecule has 0 spiro atoms. The molecule has 2 fully saturated rings. The number of rotatable bonds is 8. The summed E-state index contributed by atoms with van der Waals surface area (Å²) < 4.78 is 37.3. The van der Waals surface area contributed by atoms with E-state index in [0.29, 0.717) is 6.04 Å². The van der Waals surface area contributed by atoms with Gasteiger partial charge in [0, 0.05) is 37.3 Å². The Morgan fingerprint density at radius 1 is 1.24 bits per heavy atom. The minimum Gasteiger partial charge on any atom is -0.490 e. The first kappa shape index (κ1) is 26.0. The van der Waals surface area contributed by atoms with Crippen LogP contribution in [0.3, 0.4) is 0 Å². The van der Waals surface area contributed by atoms with Crippen molar-refractivity contribution < 1.29 is 13.5 Å². The summed E-state index contributed by atoms with van der Waals surface area (Å²) in [4.78, 5) is 23.3. The van der Waals surface area contributed by atoms with Crippen LogP contribution in [0.2, 0.25) is 0 Å². The fraction of sp³-hybridized carbons (Fsp3) is 0.542. The van der Waals surface area contributed by atoms with Crippen LogP contribution in [0.5, 0.6) is 5.75 Å². The number of benzene rings is 1. The van der Waals surface area contributed by atoms with Crippen LogP contribution >= 0.6 is 0 Å². The van der Waals surface area contributed by atoms with Crippen LogP contribution in [-0.4, -0.2) is 72.0 Å². The number of tetrazole rings is 1. The highest BCUT2D eigenvalue weighted by atomic mass is 19.1. The van der Waals surface area contributed by atoms with Gasteiger partial charge in [-0.2, -0.15) is 14.3 Å². The molecule has 0 bridgehead atoms. The number of nitrogens with two attached hydrogens (primary N) is 1. The van der Waals surface area contributed by atoms with Crippen LogP contribution in [-0.2, 0) is 7.05 Å². The van der Waals surface area contributed by atoms with Crippen molar-refractivity contribution in [1.29, 1.82) is 0 Å². The number of hydrogen-bond donors (Lipinski definition) is 3. The number of fused-ring (bicyclic) bond motifs is 1. The van der Waals surface area contributed by atoms with E-state index in [0.717, 1.165) is 47.4 Å². The van der Waals surface area contributed by atoms with Crippen LogP contribution in [0.15, 0.2) is 23.1 Å². The average molecular weight is 531 g/mol. The highest BCUT2D eigenvalue weighted by Crippen LogP contribution is 2.38. The first-order valence-corrected chi connectivity index (χ1v) is 12.6. The molecule has 0 radical (unpaired) electrons. The number of nitrogens with one attached hydrogen (secondary N) is 2. The van der Waals surface area contributed by atoms with E-state index in [1.165, 1.54) is 19.5 Å². The van der Waals surface area contributed by atoms with Gasteiger partial charge in [0.2, 0.25) is 5.95 Å². The van der Waals surface area contributed by atoms with Gasteiger partial charge in [0.1, 0.15) is 18.0 Å². The van der Waals surface area contributed by atoms with Gasteiger partial charge in [-0.3, -0.25) is 4.90 Å². The van der Waals surface area contributed by atoms with Crippen molar-refractivity contribution in [3.05, 3.63) is 40.4 Å². The minimum atomic E-state index is -0.699. The summed E-state index contributed by atoms with van der Waals surface area (Å²) in [6.07, 6.45) is 5.07. The van der Waals surface area contributed by atoms with E-state index in [1.807, 2.05) is 0 Å². The van der Waals surface area contributed by atoms with Crippen molar-refractivity contribution in [3.8, 4) is 11.4 Å².